The number of nitrogens with zero attached hydrogens (tertiary/aromatic N) is 3. The second kappa shape index (κ2) is 6.67. The normalized spacial score (nSPS) is 12.8. The lowest BCUT2D eigenvalue weighted by Gasteiger charge is -2.14. The van der Waals surface area contributed by atoms with Crippen LogP contribution in [0.4, 0.5) is 5.69 Å². The van der Waals surface area contributed by atoms with E-state index in [2.05, 4.69) is 20.1 Å². The van der Waals surface area contributed by atoms with Crippen LogP contribution in [0.3, 0.4) is 0 Å². The maximum atomic E-state index is 12.3. The van der Waals surface area contributed by atoms with Gasteiger partial charge in [0.05, 0.1) is 11.4 Å². The molecule has 0 fully saturated rings. The van der Waals surface area contributed by atoms with Gasteiger partial charge in [-0.3, -0.25) is 9.48 Å². The quantitative estimate of drug-likeness (QED) is 0.810. The Balaban J connectivity index is 2.04. The topological polar surface area (TPSA) is 106 Å². The van der Waals surface area contributed by atoms with Crippen molar-refractivity contribution < 1.29 is 13.2 Å². The second-order valence-electron chi connectivity index (χ2n) is 4.85. The van der Waals surface area contributed by atoms with Crippen LogP contribution in [0.25, 0.3) is 0 Å². The number of aromatic nitrogens is 3. The van der Waals surface area contributed by atoms with Gasteiger partial charge in [-0.15, -0.1) is 0 Å². The van der Waals surface area contributed by atoms with E-state index in [-0.39, 0.29) is 16.8 Å². The fraction of sp³-hybridized carbons (Fsp3) is 0.308. The number of hydrogen-bond donors (Lipinski definition) is 2. The first-order chi connectivity index (χ1) is 10.4. The fourth-order valence-electron chi connectivity index (χ4n) is 1.90. The van der Waals surface area contributed by atoms with E-state index in [0.717, 1.165) is 0 Å². The van der Waals surface area contributed by atoms with Crippen LogP contribution in [0, 0.1) is 0 Å². The number of nitrogens with one attached hydrogen (secondary N) is 2. The molecule has 2 N–H and O–H groups in total. The lowest BCUT2D eigenvalue weighted by atomic mass is 10.3. The van der Waals surface area contributed by atoms with Crippen molar-refractivity contribution in [2.75, 3.05) is 5.32 Å². The molecule has 1 aromatic carbocycles. The van der Waals surface area contributed by atoms with Crippen molar-refractivity contribution in [2.24, 2.45) is 0 Å². The van der Waals surface area contributed by atoms with Crippen molar-refractivity contribution in [3.05, 3.63) is 36.9 Å². The van der Waals surface area contributed by atoms with Gasteiger partial charge < -0.3 is 5.32 Å². The maximum Gasteiger partial charge on any atom is 0.240 e. The summed E-state index contributed by atoms with van der Waals surface area (Å²) in [5.41, 5.74) is 0.544. The van der Waals surface area contributed by atoms with Crippen LogP contribution < -0.4 is 10.0 Å². The SMILES string of the molecule is CC(=O)Nc1ccc(S(=O)(=O)NC(C)Cn2cncn2)cc1. The van der Waals surface area contributed by atoms with Crippen LogP contribution >= 0.6 is 0 Å². The number of hydrogen-bond acceptors (Lipinski definition) is 5. The molecule has 118 valence electrons. The summed E-state index contributed by atoms with van der Waals surface area (Å²) in [4.78, 5) is 14.9. The van der Waals surface area contributed by atoms with E-state index in [1.807, 2.05) is 0 Å². The summed E-state index contributed by atoms with van der Waals surface area (Å²) in [5.74, 6) is -0.213. The van der Waals surface area contributed by atoms with E-state index in [1.54, 1.807) is 11.6 Å². The van der Waals surface area contributed by atoms with Gasteiger partial charge in [0.2, 0.25) is 15.9 Å². The standard InChI is InChI=1S/C13H17N5O3S/c1-10(7-18-9-14-8-15-18)17-22(20,21)13-5-3-12(4-6-13)16-11(2)19/h3-6,8-10,17H,7H2,1-2H3,(H,16,19). The van der Waals surface area contributed by atoms with Crippen molar-refractivity contribution in [1.29, 1.82) is 0 Å². The van der Waals surface area contributed by atoms with Crippen molar-refractivity contribution in [1.82, 2.24) is 19.5 Å². The van der Waals surface area contributed by atoms with Crippen LogP contribution in [0.5, 0.6) is 0 Å². The van der Waals surface area contributed by atoms with Crippen LogP contribution in [-0.4, -0.2) is 35.1 Å². The number of carbonyl (C=O) groups is 1. The van der Waals surface area contributed by atoms with E-state index in [1.165, 1.54) is 43.8 Å². The molecular weight excluding hydrogens is 306 g/mol. The third-order valence-electron chi connectivity index (χ3n) is 2.77. The summed E-state index contributed by atoms with van der Waals surface area (Å²) >= 11 is 0. The molecule has 0 aliphatic carbocycles. The molecule has 8 nitrogen and oxygen atoms in total. The molecule has 2 aromatic rings. The van der Waals surface area contributed by atoms with Gasteiger partial charge in [0, 0.05) is 18.7 Å². The van der Waals surface area contributed by atoms with Crippen molar-refractivity contribution in [3.8, 4) is 0 Å². The zero-order chi connectivity index (χ0) is 16.2. The minimum absolute atomic E-state index is 0.132. The Kier molecular flexibility index (Phi) is 4.88. The highest BCUT2D eigenvalue weighted by Crippen LogP contribution is 2.14. The predicted molar refractivity (Wildman–Crippen MR) is 80.6 cm³/mol. The van der Waals surface area contributed by atoms with Gasteiger partial charge in [-0.05, 0) is 31.2 Å². The van der Waals surface area contributed by atoms with Gasteiger partial charge in [0.25, 0.3) is 0 Å². The Morgan fingerprint density at radius 2 is 2.00 bits per heavy atom. The molecule has 0 saturated carbocycles. The van der Waals surface area contributed by atoms with Gasteiger partial charge in [-0.2, -0.15) is 5.10 Å². The van der Waals surface area contributed by atoms with Gasteiger partial charge >= 0.3 is 0 Å². The molecule has 22 heavy (non-hydrogen) atoms. The average molecular weight is 323 g/mol. The molecule has 1 heterocycles. The van der Waals surface area contributed by atoms with Crippen molar-refractivity contribution >= 4 is 21.6 Å². The molecule has 0 radical (unpaired) electrons. The Bertz CT molecular complexity index is 726. The monoisotopic (exact) mass is 323 g/mol. The number of carbonyl (C=O) groups excluding carboxylic acids is 1. The van der Waals surface area contributed by atoms with Crippen molar-refractivity contribution in [2.45, 2.75) is 31.3 Å². The van der Waals surface area contributed by atoms with Crippen LogP contribution in [0.15, 0.2) is 41.8 Å². The summed E-state index contributed by atoms with van der Waals surface area (Å²) in [6.07, 6.45) is 2.91. The molecule has 0 bridgehead atoms. The smallest absolute Gasteiger partial charge is 0.240 e. The average Bonchev–Trinajstić information content (AvgIpc) is 2.90. The largest absolute Gasteiger partial charge is 0.326 e. The molecule has 2 rings (SSSR count). The van der Waals surface area contributed by atoms with Crippen LogP contribution in [0.1, 0.15) is 13.8 Å². The zero-order valence-electron chi connectivity index (χ0n) is 12.2. The molecule has 1 amide bonds. The molecular formula is C13H17N5O3S. The van der Waals surface area contributed by atoms with E-state index in [9.17, 15) is 13.2 Å². The summed E-state index contributed by atoms with van der Waals surface area (Å²) in [7, 11) is -3.63. The zero-order valence-corrected chi connectivity index (χ0v) is 13.0. The molecule has 1 unspecified atom stereocenters. The molecule has 1 atom stereocenters. The number of benzene rings is 1. The van der Waals surface area contributed by atoms with Crippen LogP contribution in [-0.2, 0) is 21.4 Å². The predicted octanol–water partition coefficient (Wildman–Crippen LogP) is 0.603. The molecule has 1 aromatic heterocycles. The first-order valence-corrected chi connectivity index (χ1v) is 8.07. The third kappa shape index (κ3) is 4.37. The number of rotatable bonds is 6. The first kappa shape index (κ1) is 16.1. The molecule has 0 spiro atoms. The van der Waals surface area contributed by atoms with Gasteiger partial charge in [-0.1, -0.05) is 0 Å². The Hall–Kier alpha value is -2.26. The number of amides is 1. The van der Waals surface area contributed by atoms with Crippen molar-refractivity contribution in [3.63, 3.8) is 0 Å². The Morgan fingerprint density at radius 1 is 1.32 bits per heavy atom. The first-order valence-electron chi connectivity index (χ1n) is 6.59. The Labute approximate surface area is 128 Å². The highest BCUT2D eigenvalue weighted by Gasteiger charge is 2.17. The molecule has 0 aliphatic heterocycles. The second-order valence-corrected chi connectivity index (χ2v) is 6.56. The number of sulfonamides is 1. The van der Waals surface area contributed by atoms with Gasteiger partial charge in [0.1, 0.15) is 12.7 Å². The van der Waals surface area contributed by atoms with E-state index < -0.39 is 10.0 Å². The molecule has 0 saturated heterocycles. The highest BCUT2D eigenvalue weighted by atomic mass is 32.2. The Morgan fingerprint density at radius 3 is 2.55 bits per heavy atom. The minimum Gasteiger partial charge on any atom is -0.326 e. The van der Waals surface area contributed by atoms with E-state index in [0.29, 0.717) is 12.2 Å². The maximum absolute atomic E-state index is 12.3. The lowest BCUT2D eigenvalue weighted by molar-refractivity contribution is -0.114. The molecule has 0 aliphatic rings. The summed E-state index contributed by atoms with van der Waals surface area (Å²) < 4.78 is 28.6. The van der Waals surface area contributed by atoms with E-state index in [4.69, 9.17) is 0 Å². The summed E-state index contributed by atoms with van der Waals surface area (Å²) in [6.45, 7) is 3.51. The number of anilines is 1. The van der Waals surface area contributed by atoms with Crippen LogP contribution in [0.2, 0.25) is 0 Å². The summed E-state index contributed by atoms with van der Waals surface area (Å²) in [5, 5.41) is 6.51. The highest BCUT2D eigenvalue weighted by molar-refractivity contribution is 7.89. The fourth-order valence-corrected chi connectivity index (χ4v) is 3.13. The van der Waals surface area contributed by atoms with E-state index >= 15 is 0 Å². The minimum atomic E-state index is -3.63. The lowest BCUT2D eigenvalue weighted by Crippen LogP contribution is -2.35. The summed E-state index contributed by atoms with van der Waals surface area (Å²) in [6, 6.07) is 5.61. The van der Waals surface area contributed by atoms with Gasteiger partial charge in [-0.25, -0.2) is 18.1 Å². The van der Waals surface area contributed by atoms with Gasteiger partial charge in [0.15, 0.2) is 0 Å². The molecule has 9 heteroatoms. The third-order valence-corrected chi connectivity index (χ3v) is 4.37.